The van der Waals surface area contributed by atoms with Crippen molar-refractivity contribution in [2.45, 2.75) is 19.8 Å². The Labute approximate surface area is 164 Å². The third-order valence-electron chi connectivity index (χ3n) is 4.75. The summed E-state index contributed by atoms with van der Waals surface area (Å²) in [5.41, 5.74) is 5.33. The molecule has 5 heteroatoms. The summed E-state index contributed by atoms with van der Waals surface area (Å²) < 4.78 is 1.73. The van der Waals surface area contributed by atoms with Gasteiger partial charge in [-0.15, -0.1) is 0 Å². The van der Waals surface area contributed by atoms with Crippen LogP contribution in [0, 0.1) is 0 Å². The average molecular weight is 370 g/mol. The number of nitrogens with zero attached hydrogens (tertiary/aromatic N) is 3. The van der Waals surface area contributed by atoms with E-state index in [4.69, 9.17) is 0 Å². The molecule has 2 heterocycles. The Hall–Kier alpha value is -3.47. The van der Waals surface area contributed by atoms with E-state index < -0.39 is 0 Å². The zero-order valence-electron chi connectivity index (χ0n) is 15.8. The van der Waals surface area contributed by atoms with Gasteiger partial charge in [0.1, 0.15) is 5.56 Å². The van der Waals surface area contributed by atoms with E-state index in [1.54, 1.807) is 16.9 Å². The molecule has 5 nitrogen and oxygen atoms in total. The highest BCUT2D eigenvalue weighted by atomic mass is 16.1. The molecule has 0 fully saturated rings. The van der Waals surface area contributed by atoms with Gasteiger partial charge >= 0.3 is 0 Å². The van der Waals surface area contributed by atoms with Crippen LogP contribution < -0.4 is 5.32 Å². The maximum absolute atomic E-state index is 12.4. The fourth-order valence-corrected chi connectivity index (χ4v) is 3.21. The number of amides is 1. The molecular formula is C23H22N4O. The largest absolute Gasteiger partial charge is 0.352 e. The van der Waals surface area contributed by atoms with Crippen molar-refractivity contribution in [3.05, 3.63) is 78.6 Å². The van der Waals surface area contributed by atoms with E-state index in [1.807, 2.05) is 24.3 Å². The smallest absolute Gasteiger partial charge is 0.256 e. The molecule has 0 bridgehead atoms. The molecule has 1 N–H and O–H groups in total. The average Bonchev–Trinajstić information content (AvgIpc) is 3.19. The lowest BCUT2D eigenvalue weighted by molar-refractivity contribution is 0.0954. The minimum Gasteiger partial charge on any atom is -0.352 e. The normalized spacial score (nSPS) is 10.9. The van der Waals surface area contributed by atoms with Crippen LogP contribution in [0.2, 0.25) is 0 Å². The standard InChI is InChI=1S/C23H22N4O/c1-2-3-14-25-23(28)20-16-26-27-21(13-15-24-22(20)27)19-11-9-18(10-12-19)17-7-5-4-6-8-17/h4-13,15-16H,2-3,14H2,1H3,(H,25,28). The Morgan fingerprint density at radius 3 is 2.43 bits per heavy atom. The van der Waals surface area contributed by atoms with E-state index in [9.17, 15) is 4.79 Å². The predicted octanol–water partition coefficient (Wildman–Crippen LogP) is 4.59. The minimum atomic E-state index is -0.132. The molecular weight excluding hydrogens is 348 g/mol. The van der Waals surface area contributed by atoms with E-state index in [-0.39, 0.29) is 5.91 Å². The first-order chi connectivity index (χ1) is 13.8. The van der Waals surface area contributed by atoms with Crippen LogP contribution in [0.1, 0.15) is 30.1 Å². The van der Waals surface area contributed by atoms with Crippen molar-refractivity contribution in [2.75, 3.05) is 6.54 Å². The third kappa shape index (κ3) is 3.51. The Morgan fingerprint density at radius 2 is 1.68 bits per heavy atom. The van der Waals surface area contributed by atoms with Gasteiger partial charge in [-0.2, -0.15) is 5.10 Å². The molecule has 140 valence electrons. The maximum Gasteiger partial charge on any atom is 0.256 e. The Bertz CT molecular complexity index is 1080. The molecule has 0 radical (unpaired) electrons. The molecule has 2 aromatic heterocycles. The SMILES string of the molecule is CCCCNC(=O)c1cnn2c(-c3ccc(-c4ccccc4)cc3)ccnc12. The summed E-state index contributed by atoms with van der Waals surface area (Å²) in [4.78, 5) is 16.8. The fraction of sp³-hybridized carbons (Fsp3) is 0.174. The number of carbonyl (C=O) groups excluding carboxylic acids is 1. The van der Waals surface area contributed by atoms with Crippen LogP contribution in [0.25, 0.3) is 28.0 Å². The molecule has 0 aliphatic carbocycles. The van der Waals surface area contributed by atoms with E-state index in [2.05, 4.69) is 58.7 Å². The van der Waals surface area contributed by atoms with Gasteiger partial charge in [-0.3, -0.25) is 4.79 Å². The second-order valence-electron chi connectivity index (χ2n) is 6.68. The van der Waals surface area contributed by atoms with Crippen molar-refractivity contribution in [2.24, 2.45) is 0 Å². The van der Waals surface area contributed by atoms with Crippen LogP contribution in [-0.4, -0.2) is 27.0 Å². The molecule has 1 amide bonds. The van der Waals surface area contributed by atoms with E-state index >= 15 is 0 Å². The molecule has 0 aliphatic heterocycles. The van der Waals surface area contributed by atoms with Gasteiger partial charge in [-0.1, -0.05) is 67.9 Å². The van der Waals surface area contributed by atoms with Crippen LogP contribution in [0.5, 0.6) is 0 Å². The maximum atomic E-state index is 12.4. The summed E-state index contributed by atoms with van der Waals surface area (Å²) in [6.45, 7) is 2.76. The van der Waals surface area contributed by atoms with Crippen LogP contribution in [-0.2, 0) is 0 Å². The molecule has 0 spiro atoms. The summed E-state index contributed by atoms with van der Waals surface area (Å²) in [5.74, 6) is -0.132. The number of hydrogen-bond donors (Lipinski definition) is 1. The fourth-order valence-electron chi connectivity index (χ4n) is 3.21. The molecule has 0 unspecified atom stereocenters. The Balaban J connectivity index is 1.65. The highest BCUT2D eigenvalue weighted by molar-refractivity contribution is 5.99. The summed E-state index contributed by atoms with van der Waals surface area (Å²) in [6.07, 6.45) is 5.31. The lowest BCUT2D eigenvalue weighted by Crippen LogP contribution is -2.24. The van der Waals surface area contributed by atoms with Crippen molar-refractivity contribution in [3.63, 3.8) is 0 Å². The summed E-state index contributed by atoms with van der Waals surface area (Å²) >= 11 is 0. The van der Waals surface area contributed by atoms with Gasteiger partial charge in [0, 0.05) is 18.3 Å². The molecule has 0 aliphatic rings. The number of hydrogen-bond acceptors (Lipinski definition) is 3. The van der Waals surface area contributed by atoms with E-state index in [0.717, 1.165) is 29.7 Å². The second-order valence-corrected chi connectivity index (χ2v) is 6.68. The van der Waals surface area contributed by atoms with E-state index in [0.29, 0.717) is 17.8 Å². The predicted molar refractivity (Wildman–Crippen MR) is 111 cm³/mol. The number of rotatable bonds is 6. The Kier molecular flexibility index (Phi) is 5.15. The molecule has 0 atom stereocenters. The minimum absolute atomic E-state index is 0.132. The number of unbranched alkanes of at least 4 members (excludes halogenated alkanes) is 1. The van der Waals surface area contributed by atoms with Crippen molar-refractivity contribution in [1.29, 1.82) is 0 Å². The number of fused-ring (bicyclic) bond motifs is 1. The van der Waals surface area contributed by atoms with Crippen LogP contribution in [0.3, 0.4) is 0 Å². The van der Waals surface area contributed by atoms with Gasteiger partial charge in [0.25, 0.3) is 5.91 Å². The number of aromatic nitrogens is 3. The van der Waals surface area contributed by atoms with E-state index in [1.165, 1.54) is 5.56 Å². The van der Waals surface area contributed by atoms with Crippen molar-refractivity contribution >= 4 is 11.6 Å². The van der Waals surface area contributed by atoms with Gasteiger partial charge in [0.15, 0.2) is 5.65 Å². The van der Waals surface area contributed by atoms with Gasteiger partial charge in [0.05, 0.1) is 11.9 Å². The first-order valence-electron chi connectivity index (χ1n) is 9.54. The molecule has 4 rings (SSSR count). The van der Waals surface area contributed by atoms with Gasteiger partial charge in [0.2, 0.25) is 0 Å². The monoisotopic (exact) mass is 370 g/mol. The van der Waals surface area contributed by atoms with Gasteiger partial charge in [-0.05, 0) is 23.6 Å². The zero-order valence-corrected chi connectivity index (χ0v) is 15.8. The van der Waals surface area contributed by atoms with Gasteiger partial charge < -0.3 is 5.32 Å². The second kappa shape index (κ2) is 8.05. The quantitative estimate of drug-likeness (QED) is 0.505. The van der Waals surface area contributed by atoms with Crippen LogP contribution in [0.15, 0.2) is 73.1 Å². The summed E-state index contributed by atoms with van der Waals surface area (Å²) in [5, 5.41) is 7.35. The number of benzene rings is 2. The van der Waals surface area contributed by atoms with Crippen molar-refractivity contribution in [3.8, 4) is 22.4 Å². The summed E-state index contributed by atoms with van der Waals surface area (Å²) in [7, 11) is 0. The highest BCUT2D eigenvalue weighted by Gasteiger charge is 2.15. The topological polar surface area (TPSA) is 59.3 Å². The Morgan fingerprint density at radius 1 is 0.964 bits per heavy atom. The summed E-state index contributed by atoms with van der Waals surface area (Å²) in [6, 6.07) is 20.5. The molecule has 2 aromatic carbocycles. The first-order valence-corrected chi connectivity index (χ1v) is 9.54. The van der Waals surface area contributed by atoms with Crippen LogP contribution in [0.4, 0.5) is 0 Å². The lowest BCUT2D eigenvalue weighted by Gasteiger charge is -2.07. The van der Waals surface area contributed by atoms with Crippen molar-refractivity contribution < 1.29 is 4.79 Å². The van der Waals surface area contributed by atoms with Crippen LogP contribution >= 0.6 is 0 Å². The lowest BCUT2D eigenvalue weighted by atomic mass is 10.0. The molecule has 4 aromatic rings. The first kappa shape index (κ1) is 17.9. The highest BCUT2D eigenvalue weighted by Crippen LogP contribution is 2.25. The molecule has 0 saturated heterocycles. The van der Waals surface area contributed by atoms with Gasteiger partial charge in [-0.25, -0.2) is 9.50 Å². The third-order valence-corrected chi connectivity index (χ3v) is 4.75. The molecule has 28 heavy (non-hydrogen) atoms. The zero-order chi connectivity index (χ0) is 19.3. The number of carbonyl (C=O) groups is 1. The molecule has 0 saturated carbocycles. The van der Waals surface area contributed by atoms with Crippen molar-refractivity contribution in [1.82, 2.24) is 19.9 Å². The number of nitrogens with one attached hydrogen (secondary N) is 1.